The number of aromatic amines is 1. The fourth-order valence-corrected chi connectivity index (χ4v) is 3.30. The van der Waals surface area contributed by atoms with E-state index in [2.05, 4.69) is 15.0 Å². The van der Waals surface area contributed by atoms with Gasteiger partial charge in [-0.2, -0.15) is 0 Å². The lowest BCUT2D eigenvalue weighted by molar-refractivity contribution is -0.133. The first-order chi connectivity index (χ1) is 11.6. The summed E-state index contributed by atoms with van der Waals surface area (Å²) in [6, 6.07) is 1.55. The van der Waals surface area contributed by atoms with Gasteiger partial charge in [-0.25, -0.2) is 9.97 Å². The topological polar surface area (TPSA) is 83.9 Å². The van der Waals surface area contributed by atoms with Crippen molar-refractivity contribution in [2.45, 2.75) is 45.6 Å². The largest absolute Gasteiger partial charge is 0.340 e. The number of carbonyl (C=O) groups excluding carboxylic acids is 1. The molecule has 7 heteroatoms. The molecule has 1 atom stereocenters. The summed E-state index contributed by atoms with van der Waals surface area (Å²) < 4.78 is 1.90. The van der Waals surface area contributed by atoms with E-state index in [-0.39, 0.29) is 17.4 Å². The van der Waals surface area contributed by atoms with Crippen LogP contribution in [-0.2, 0) is 17.8 Å². The number of amides is 1. The van der Waals surface area contributed by atoms with E-state index in [0.29, 0.717) is 18.9 Å². The highest BCUT2D eigenvalue weighted by Gasteiger charge is 2.26. The summed E-state index contributed by atoms with van der Waals surface area (Å²) in [5, 5.41) is 0. The molecule has 3 heterocycles. The zero-order valence-electron chi connectivity index (χ0n) is 14.2. The van der Waals surface area contributed by atoms with Crippen molar-refractivity contribution < 1.29 is 4.79 Å². The molecule has 0 bridgehead atoms. The highest BCUT2D eigenvalue weighted by Crippen LogP contribution is 2.25. The molecule has 128 valence electrons. The molecule has 24 heavy (non-hydrogen) atoms. The Morgan fingerprint density at radius 2 is 2.29 bits per heavy atom. The minimum Gasteiger partial charge on any atom is -0.340 e. The number of aryl methyl sites for hydroxylation is 2. The van der Waals surface area contributed by atoms with Gasteiger partial charge in [-0.3, -0.25) is 9.59 Å². The Balaban J connectivity index is 1.71. The van der Waals surface area contributed by atoms with Gasteiger partial charge < -0.3 is 14.5 Å². The molecule has 0 aromatic carbocycles. The fraction of sp³-hybridized carbons (Fsp3) is 0.529. The van der Waals surface area contributed by atoms with Crippen LogP contribution in [0.3, 0.4) is 0 Å². The van der Waals surface area contributed by atoms with Crippen LogP contribution in [0.15, 0.2) is 23.3 Å². The van der Waals surface area contributed by atoms with Gasteiger partial charge in [0, 0.05) is 43.9 Å². The number of likely N-dealkylation sites (tertiary alicyclic amines) is 1. The molecular weight excluding hydrogens is 306 g/mol. The number of hydrogen-bond acceptors (Lipinski definition) is 4. The average Bonchev–Trinajstić information content (AvgIpc) is 3.01. The monoisotopic (exact) mass is 329 g/mol. The summed E-state index contributed by atoms with van der Waals surface area (Å²) >= 11 is 0. The summed E-state index contributed by atoms with van der Waals surface area (Å²) in [4.78, 5) is 37.6. The highest BCUT2D eigenvalue weighted by atomic mass is 16.2. The van der Waals surface area contributed by atoms with E-state index in [4.69, 9.17) is 0 Å². The van der Waals surface area contributed by atoms with Crippen LogP contribution in [0.2, 0.25) is 0 Å². The van der Waals surface area contributed by atoms with Gasteiger partial charge in [-0.1, -0.05) is 6.92 Å². The molecule has 1 saturated heterocycles. The summed E-state index contributed by atoms with van der Waals surface area (Å²) in [5.74, 6) is 1.75. The predicted octanol–water partition coefficient (Wildman–Crippen LogP) is 1.24. The lowest BCUT2D eigenvalue weighted by atomic mass is 9.94. The van der Waals surface area contributed by atoms with E-state index < -0.39 is 0 Å². The first-order valence-corrected chi connectivity index (χ1v) is 8.42. The molecule has 0 radical (unpaired) electrons. The first kappa shape index (κ1) is 16.4. The van der Waals surface area contributed by atoms with Crippen LogP contribution < -0.4 is 5.56 Å². The molecular formula is C17H23N5O2. The zero-order chi connectivity index (χ0) is 17.1. The minimum absolute atomic E-state index is 0.0916. The van der Waals surface area contributed by atoms with Gasteiger partial charge in [-0.15, -0.1) is 0 Å². The maximum atomic E-state index is 12.6. The zero-order valence-corrected chi connectivity index (χ0v) is 14.2. The standard InChI is InChI=1S/C17H23N5O2/c1-3-15-18-6-8-21(15)11-17(24)22-7-4-5-13(10-22)14-9-16(23)20-12(2)19-14/h6,8-9,13H,3-5,7,10-11H2,1-2H3,(H,19,20,23)/t13-/m1/s1. The van der Waals surface area contributed by atoms with Crippen LogP contribution in [0, 0.1) is 6.92 Å². The van der Waals surface area contributed by atoms with E-state index in [1.807, 2.05) is 22.6 Å². The Morgan fingerprint density at radius 3 is 3.04 bits per heavy atom. The van der Waals surface area contributed by atoms with Crippen molar-refractivity contribution in [2.24, 2.45) is 0 Å². The SMILES string of the molecule is CCc1nccn1CC(=O)N1CCC[C@@H](c2cc(=O)[nH]c(C)n2)C1. The van der Waals surface area contributed by atoms with E-state index in [9.17, 15) is 9.59 Å². The van der Waals surface area contributed by atoms with E-state index in [0.717, 1.165) is 37.3 Å². The number of H-pyrrole nitrogens is 1. The predicted molar refractivity (Wildman–Crippen MR) is 89.8 cm³/mol. The number of hydrogen-bond donors (Lipinski definition) is 1. The van der Waals surface area contributed by atoms with Crippen molar-refractivity contribution >= 4 is 5.91 Å². The Morgan fingerprint density at radius 1 is 1.46 bits per heavy atom. The lowest BCUT2D eigenvalue weighted by Crippen LogP contribution is -2.41. The second kappa shape index (κ2) is 6.98. The smallest absolute Gasteiger partial charge is 0.251 e. The van der Waals surface area contributed by atoms with Gasteiger partial charge in [-0.05, 0) is 19.8 Å². The molecule has 0 aliphatic carbocycles. The van der Waals surface area contributed by atoms with Gasteiger partial charge in [0.2, 0.25) is 5.91 Å². The average molecular weight is 329 g/mol. The second-order valence-electron chi connectivity index (χ2n) is 6.26. The number of imidazole rings is 1. The summed E-state index contributed by atoms with van der Waals surface area (Å²) in [6.07, 6.45) is 6.26. The first-order valence-electron chi connectivity index (χ1n) is 8.42. The summed E-state index contributed by atoms with van der Waals surface area (Å²) in [5.41, 5.74) is 0.651. The lowest BCUT2D eigenvalue weighted by Gasteiger charge is -2.32. The second-order valence-corrected chi connectivity index (χ2v) is 6.26. The Kier molecular flexibility index (Phi) is 4.78. The Bertz CT molecular complexity index is 779. The van der Waals surface area contributed by atoms with Crippen LogP contribution in [0.25, 0.3) is 0 Å². The minimum atomic E-state index is -0.132. The third-order valence-corrected chi connectivity index (χ3v) is 4.50. The molecule has 1 amide bonds. The maximum Gasteiger partial charge on any atom is 0.251 e. The van der Waals surface area contributed by atoms with Crippen LogP contribution in [0.4, 0.5) is 0 Å². The van der Waals surface area contributed by atoms with E-state index >= 15 is 0 Å². The van der Waals surface area contributed by atoms with Crippen LogP contribution in [-0.4, -0.2) is 43.4 Å². The fourth-order valence-electron chi connectivity index (χ4n) is 3.30. The molecule has 0 saturated carbocycles. The number of nitrogens with one attached hydrogen (secondary N) is 1. The number of carbonyl (C=O) groups is 1. The van der Waals surface area contributed by atoms with Gasteiger partial charge in [0.05, 0.1) is 5.69 Å². The molecule has 0 unspecified atom stereocenters. The van der Waals surface area contributed by atoms with Crippen molar-refractivity contribution in [3.63, 3.8) is 0 Å². The third-order valence-electron chi connectivity index (χ3n) is 4.50. The van der Waals surface area contributed by atoms with Crippen molar-refractivity contribution in [2.75, 3.05) is 13.1 Å². The van der Waals surface area contributed by atoms with Gasteiger partial charge >= 0.3 is 0 Å². The van der Waals surface area contributed by atoms with Crippen molar-refractivity contribution in [3.8, 4) is 0 Å². The maximum absolute atomic E-state index is 12.6. The highest BCUT2D eigenvalue weighted by molar-refractivity contribution is 5.76. The van der Waals surface area contributed by atoms with Crippen molar-refractivity contribution in [1.82, 2.24) is 24.4 Å². The van der Waals surface area contributed by atoms with Crippen LogP contribution in [0.5, 0.6) is 0 Å². The van der Waals surface area contributed by atoms with Crippen molar-refractivity contribution in [3.05, 3.63) is 46.2 Å². The molecule has 1 N–H and O–H groups in total. The number of rotatable bonds is 4. The molecule has 1 aliphatic rings. The number of piperidine rings is 1. The third kappa shape index (κ3) is 3.55. The van der Waals surface area contributed by atoms with Gasteiger partial charge in [0.15, 0.2) is 0 Å². The van der Waals surface area contributed by atoms with E-state index in [1.165, 1.54) is 0 Å². The number of nitrogens with zero attached hydrogens (tertiary/aromatic N) is 4. The number of aromatic nitrogens is 4. The van der Waals surface area contributed by atoms with Gasteiger partial charge in [0.25, 0.3) is 5.56 Å². The molecule has 1 fully saturated rings. The van der Waals surface area contributed by atoms with Gasteiger partial charge in [0.1, 0.15) is 18.2 Å². The van der Waals surface area contributed by atoms with Crippen LogP contribution in [0.1, 0.15) is 43.0 Å². The Labute approximate surface area is 140 Å². The molecule has 0 spiro atoms. The molecule has 3 rings (SSSR count). The Hall–Kier alpha value is -2.44. The normalized spacial score (nSPS) is 17.9. The van der Waals surface area contributed by atoms with Crippen LogP contribution >= 0.6 is 0 Å². The van der Waals surface area contributed by atoms with E-state index in [1.54, 1.807) is 19.2 Å². The molecule has 2 aromatic heterocycles. The summed E-state index contributed by atoms with van der Waals surface area (Å²) in [7, 11) is 0. The molecule has 2 aromatic rings. The van der Waals surface area contributed by atoms with Crippen molar-refractivity contribution in [1.29, 1.82) is 0 Å². The molecule has 1 aliphatic heterocycles. The molecule has 7 nitrogen and oxygen atoms in total. The quantitative estimate of drug-likeness (QED) is 0.915. The summed E-state index contributed by atoms with van der Waals surface area (Å²) in [6.45, 7) is 5.50.